The van der Waals surface area contributed by atoms with E-state index in [1.54, 1.807) is 11.3 Å². The first-order valence-corrected chi connectivity index (χ1v) is 8.35. The summed E-state index contributed by atoms with van der Waals surface area (Å²) in [6.45, 7) is 1.98. The summed E-state index contributed by atoms with van der Waals surface area (Å²) in [5.74, 6) is 1.42. The molecular weight excluding hydrogens is 262 g/mol. The Morgan fingerprint density at radius 3 is 2.72 bits per heavy atom. The molecule has 0 saturated heterocycles. The third-order valence-corrected chi connectivity index (χ3v) is 5.13. The molecule has 18 heavy (non-hydrogen) atoms. The van der Waals surface area contributed by atoms with Gasteiger partial charge in [-0.1, -0.05) is 30.3 Å². The zero-order chi connectivity index (χ0) is 12.8. The van der Waals surface area contributed by atoms with E-state index in [1.807, 2.05) is 31.3 Å². The lowest BCUT2D eigenvalue weighted by atomic mass is 10.1. The Hall–Kier alpha value is -1.00. The van der Waals surface area contributed by atoms with Crippen LogP contribution in [0.3, 0.4) is 0 Å². The van der Waals surface area contributed by atoms with E-state index in [4.69, 9.17) is 0 Å². The molecule has 0 N–H and O–H groups in total. The maximum atomic E-state index is 11.9. The predicted octanol–water partition coefficient (Wildman–Crippen LogP) is 3.33. The number of aryl methyl sites for hydroxylation is 2. The largest absolute Gasteiger partial charge is 0.259 e. The van der Waals surface area contributed by atoms with Gasteiger partial charge in [0.2, 0.25) is 0 Å². The van der Waals surface area contributed by atoms with Gasteiger partial charge in [0.15, 0.2) is 0 Å². The number of hydrogen-bond acceptors (Lipinski definition) is 3. The lowest BCUT2D eigenvalue weighted by Crippen LogP contribution is -2.01. The van der Waals surface area contributed by atoms with E-state index < -0.39 is 10.8 Å². The predicted molar refractivity (Wildman–Crippen MR) is 78.3 cm³/mol. The first-order valence-electron chi connectivity index (χ1n) is 6.04. The number of nitrogens with zero attached hydrogens (tertiary/aromatic N) is 1. The van der Waals surface area contributed by atoms with E-state index in [9.17, 15) is 4.21 Å². The van der Waals surface area contributed by atoms with Gasteiger partial charge in [0, 0.05) is 27.6 Å². The standard InChI is InChI=1S/C14H17NOS2/c1-12-15-10-14(17-12)11-18(16)9-5-8-13-6-3-2-4-7-13/h2-4,6-7,10H,5,8-9,11H2,1H3. The summed E-state index contributed by atoms with van der Waals surface area (Å²) in [7, 11) is -0.761. The highest BCUT2D eigenvalue weighted by molar-refractivity contribution is 7.84. The summed E-state index contributed by atoms with van der Waals surface area (Å²) in [6, 6.07) is 10.4. The molecule has 2 rings (SSSR count). The third kappa shape index (κ3) is 4.35. The summed E-state index contributed by atoms with van der Waals surface area (Å²) in [4.78, 5) is 5.31. The first kappa shape index (κ1) is 13.4. The number of benzene rings is 1. The fourth-order valence-electron chi connectivity index (χ4n) is 1.78. The highest BCUT2D eigenvalue weighted by Crippen LogP contribution is 2.14. The SMILES string of the molecule is Cc1ncc(CS(=O)CCCc2ccccc2)s1. The topological polar surface area (TPSA) is 30.0 Å². The molecule has 1 aromatic carbocycles. The summed E-state index contributed by atoms with van der Waals surface area (Å²) in [6.07, 6.45) is 3.83. The van der Waals surface area contributed by atoms with Crippen LogP contribution in [0.5, 0.6) is 0 Å². The number of aromatic nitrogens is 1. The minimum Gasteiger partial charge on any atom is -0.259 e. The van der Waals surface area contributed by atoms with Crippen LogP contribution in [-0.2, 0) is 23.0 Å². The minimum atomic E-state index is -0.761. The van der Waals surface area contributed by atoms with Crippen molar-refractivity contribution in [3.05, 3.63) is 52.0 Å². The highest BCUT2D eigenvalue weighted by atomic mass is 32.2. The molecular formula is C14H17NOS2. The fraction of sp³-hybridized carbons (Fsp3) is 0.357. The second-order valence-electron chi connectivity index (χ2n) is 4.22. The third-order valence-electron chi connectivity index (χ3n) is 2.65. The molecule has 0 saturated carbocycles. The second-order valence-corrected chi connectivity index (χ2v) is 7.12. The molecule has 1 unspecified atom stereocenters. The summed E-state index contributed by atoms with van der Waals surface area (Å²) in [5, 5.41) is 1.05. The molecule has 0 aliphatic carbocycles. The van der Waals surface area contributed by atoms with Crippen molar-refractivity contribution in [1.29, 1.82) is 0 Å². The zero-order valence-corrected chi connectivity index (χ0v) is 12.1. The summed E-state index contributed by atoms with van der Waals surface area (Å²) >= 11 is 1.64. The van der Waals surface area contributed by atoms with Crippen molar-refractivity contribution in [3.63, 3.8) is 0 Å². The maximum Gasteiger partial charge on any atom is 0.0897 e. The lowest BCUT2D eigenvalue weighted by molar-refractivity contribution is 0.680. The smallest absolute Gasteiger partial charge is 0.0897 e. The number of hydrogen-bond donors (Lipinski definition) is 0. The van der Waals surface area contributed by atoms with Crippen LogP contribution in [0.1, 0.15) is 21.9 Å². The van der Waals surface area contributed by atoms with Crippen molar-refractivity contribution in [2.45, 2.75) is 25.5 Å². The highest BCUT2D eigenvalue weighted by Gasteiger charge is 2.04. The Morgan fingerprint density at radius 2 is 2.06 bits per heavy atom. The van der Waals surface area contributed by atoms with Gasteiger partial charge in [0.05, 0.1) is 10.8 Å². The Balaban J connectivity index is 1.72. The van der Waals surface area contributed by atoms with E-state index in [-0.39, 0.29) is 0 Å². The van der Waals surface area contributed by atoms with Crippen molar-refractivity contribution in [2.75, 3.05) is 5.75 Å². The van der Waals surface area contributed by atoms with Crippen LogP contribution >= 0.6 is 11.3 Å². The van der Waals surface area contributed by atoms with Gasteiger partial charge in [-0.3, -0.25) is 4.21 Å². The van der Waals surface area contributed by atoms with Gasteiger partial charge >= 0.3 is 0 Å². The van der Waals surface area contributed by atoms with Gasteiger partial charge in [-0.15, -0.1) is 11.3 Å². The maximum absolute atomic E-state index is 11.9. The second kappa shape index (κ2) is 6.81. The molecule has 0 amide bonds. The first-order chi connectivity index (χ1) is 8.74. The van der Waals surface area contributed by atoms with Crippen molar-refractivity contribution < 1.29 is 4.21 Å². The molecule has 1 heterocycles. The molecule has 2 aromatic rings. The monoisotopic (exact) mass is 279 g/mol. The molecule has 0 aliphatic rings. The molecule has 0 aliphatic heterocycles. The Labute approximate surface area is 115 Å². The normalized spacial score (nSPS) is 12.5. The van der Waals surface area contributed by atoms with Crippen molar-refractivity contribution in [2.24, 2.45) is 0 Å². The molecule has 1 aromatic heterocycles. The average Bonchev–Trinajstić information content (AvgIpc) is 2.76. The van der Waals surface area contributed by atoms with Gasteiger partial charge < -0.3 is 0 Å². The van der Waals surface area contributed by atoms with Gasteiger partial charge in [0.25, 0.3) is 0 Å². The molecule has 0 spiro atoms. The van der Waals surface area contributed by atoms with Crippen LogP contribution in [0.4, 0.5) is 0 Å². The number of rotatable bonds is 6. The fourth-order valence-corrected chi connectivity index (χ4v) is 4.01. The van der Waals surface area contributed by atoms with E-state index in [0.717, 1.165) is 28.5 Å². The Bertz CT molecular complexity index is 508. The molecule has 96 valence electrons. The van der Waals surface area contributed by atoms with Gasteiger partial charge in [-0.05, 0) is 25.3 Å². The molecule has 2 nitrogen and oxygen atoms in total. The number of thiazole rings is 1. The van der Waals surface area contributed by atoms with Crippen molar-refractivity contribution in [1.82, 2.24) is 4.98 Å². The zero-order valence-electron chi connectivity index (χ0n) is 10.5. The van der Waals surface area contributed by atoms with E-state index >= 15 is 0 Å². The average molecular weight is 279 g/mol. The lowest BCUT2D eigenvalue weighted by Gasteiger charge is -2.01. The van der Waals surface area contributed by atoms with Crippen LogP contribution in [-0.4, -0.2) is 14.9 Å². The van der Waals surface area contributed by atoms with Crippen LogP contribution in [0.15, 0.2) is 36.5 Å². The van der Waals surface area contributed by atoms with Crippen molar-refractivity contribution >= 4 is 22.1 Å². The Kier molecular flexibility index (Phi) is 5.08. The van der Waals surface area contributed by atoms with Crippen LogP contribution < -0.4 is 0 Å². The van der Waals surface area contributed by atoms with Gasteiger partial charge in [0.1, 0.15) is 0 Å². The summed E-state index contributed by atoms with van der Waals surface area (Å²) in [5.41, 5.74) is 1.32. The molecule has 4 heteroatoms. The van der Waals surface area contributed by atoms with Gasteiger partial charge in [-0.25, -0.2) is 4.98 Å². The summed E-state index contributed by atoms with van der Waals surface area (Å²) < 4.78 is 11.9. The van der Waals surface area contributed by atoms with Crippen LogP contribution in [0.2, 0.25) is 0 Å². The molecule has 1 atom stereocenters. The van der Waals surface area contributed by atoms with E-state index in [0.29, 0.717) is 5.75 Å². The van der Waals surface area contributed by atoms with E-state index in [1.165, 1.54) is 5.56 Å². The molecule has 0 bridgehead atoms. The van der Waals surface area contributed by atoms with Gasteiger partial charge in [-0.2, -0.15) is 0 Å². The van der Waals surface area contributed by atoms with E-state index in [2.05, 4.69) is 17.1 Å². The molecule has 0 fully saturated rings. The molecule has 0 radical (unpaired) electrons. The van der Waals surface area contributed by atoms with Crippen LogP contribution in [0.25, 0.3) is 0 Å². The Morgan fingerprint density at radius 1 is 1.28 bits per heavy atom. The minimum absolute atomic E-state index is 0.653. The quantitative estimate of drug-likeness (QED) is 0.812. The van der Waals surface area contributed by atoms with Crippen LogP contribution in [0, 0.1) is 6.92 Å². The van der Waals surface area contributed by atoms with Crippen molar-refractivity contribution in [3.8, 4) is 0 Å².